The molecule has 22 heavy (non-hydrogen) atoms. The molecule has 0 saturated carbocycles. The zero-order valence-electron chi connectivity index (χ0n) is 12.1. The Hall–Kier alpha value is -1.63. The van der Waals surface area contributed by atoms with Crippen LogP contribution >= 0.6 is 23.2 Å². The highest BCUT2D eigenvalue weighted by atomic mass is 35.5. The summed E-state index contributed by atoms with van der Waals surface area (Å²) in [6.07, 6.45) is 2.77. The molecule has 1 aromatic carbocycles. The van der Waals surface area contributed by atoms with Crippen LogP contribution < -0.4 is 5.73 Å². The number of halogens is 2. The summed E-state index contributed by atoms with van der Waals surface area (Å²) in [5.41, 5.74) is 2.84. The van der Waals surface area contributed by atoms with Crippen LogP contribution in [0.5, 0.6) is 0 Å². The Bertz CT molecular complexity index is 688. The summed E-state index contributed by atoms with van der Waals surface area (Å²) in [7, 11) is 0. The maximum absolute atomic E-state index is 11.9. The number of hydrogen-bond donors (Lipinski definition) is 2. The van der Waals surface area contributed by atoms with Crippen LogP contribution in [0.15, 0.2) is 30.9 Å². The van der Waals surface area contributed by atoms with Crippen molar-refractivity contribution in [2.24, 2.45) is 11.1 Å². The minimum Gasteiger partial charge on any atom is -0.382 e. The number of hydrogen-bond acceptors (Lipinski definition) is 4. The van der Waals surface area contributed by atoms with Gasteiger partial charge in [-0.25, -0.2) is 9.67 Å². The quantitative estimate of drug-likeness (QED) is 0.868. The topological polar surface area (TPSA) is 94.0 Å². The van der Waals surface area contributed by atoms with Gasteiger partial charge in [0.15, 0.2) is 0 Å². The minimum absolute atomic E-state index is 0.0374. The second-order valence-corrected chi connectivity index (χ2v) is 6.41. The van der Waals surface area contributed by atoms with Crippen LogP contribution in [0.3, 0.4) is 0 Å². The zero-order valence-corrected chi connectivity index (χ0v) is 13.6. The summed E-state index contributed by atoms with van der Waals surface area (Å²) >= 11 is 12.1. The monoisotopic (exact) mass is 342 g/mol. The van der Waals surface area contributed by atoms with E-state index >= 15 is 0 Å². The Morgan fingerprint density at radius 2 is 2.09 bits per heavy atom. The molecular weight excluding hydrogens is 327 g/mol. The molecule has 0 spiro atoms. The van der Waals surface area contributed by atoms with Crippen LogP contribution in [0.4, 0.5) is 0 Å². The lowest BCUT2D eigenvalue weighted by atomic mass is 9.70. The van der Waals surface area contributed by atoms with Gasteiger partial charge in [0.05, 0.1) is 12.0 Å². The van der Waals surface area contributed by atoms with E-state index in [4.69, 9.17) is 28.9 Å². The number of rotatable bonds is 5. The average Bonchev–Trinajstić information content (AvgIpc) is 2.90. The smallest absolute Gasteiger partial charge is 0.226 e. The molecule has 118 valence electrons. The number of aromatic nitrogens is 3. The lowest BCUT2D eigenvalue weighted by molar-refractivity contribution is -0.148. The van der Waals surface area contributed by atoms with Gasteiger partial charge in [-0.2, -0.15) is 5.10 Å². The average molecular weight is 343 g/mol. The molecular formula is C14H16Cl2N4O2. The molecule has 1 amide bonds. The van der Waals surface area contributed by atoms with Gasteiger partial charge in [0.1, 0.15) is 18.3 Å². The standard InChI is InChI=1S/C14H16Cl2N4O2/c1-13(2,12(17)21)14(22,6-20-8-18-7-19-20)10-4-3-9(15)5-11(10)16/h3-5,7-8,22H,6H2,1-2H3,(H2,17,21). The number of benzene rings is 1. The first-order chi connectivity index (χ1) is 10.2. The molecule has 0 saturated heterocycles. The van der Waals surface area contributed by atoms with Crippen LogP contribution in [0.25, 0.3) is 0 Å². The molecule has 1 atom stereocenters. The van der Waals surface area contributed by atoms with Crippen LogP contribution in [-0.4, -0.2) is 25.8 Å². The molecule has 0 aliphatic carbocycles. The van der Waals surface area contributed by atoms with E-state index in [1.807, 2.05) is 0 Å². The van der Waals surface area contributed by atoms with Gasteiger partial charge in [-0.3, -0.25) is 4.79 Å². The first kappa shape index (κ1) is 16.7. The largest absolute Gasteiger partial charge is 0.382 e. The Morgan fingerprint density at radius 1 is 1.41 bits per heavy atom. The highest BCUT2D eigenvalue weighted by Crippen LogP contribution is 2.44. The van der Waals surface area contributed by atoms with Crippen molar-refractivity contribution in [1.82, 2.24) is 14.8 Å². The minimum atomic E-state index is -1.69. The molecule has 6 nitrogen and oxygen atoms in total. The van der Waals surface area contributed by atoms with Crippen LogP contribution in [0.2, 0.25) is 10.0 Å². The number of amides is 1. The molecule has 8 heteroatoms. The zero-order chi connectivity index (χ0) is 16.5. The number of primary amides is 1. The normalized spacial score (nSPS) is 14.6. The fourth-order valence-corrected chi connectivity index (χ4v) is 2.76. The highest BCUT2D eigenvalue weighted by Gasteiger charge is 2.50. The van der Waals surface area contributed by atoms with E-state index in [0.717, 1.165) is 0 Å². The highest BCUT2D eigenvalue weighted by molar-refractivity contribution is 6.35. The van der Waals surface area contributed by atoms with E-state index in [0.29, 0.717) is 10.6 Å². The molecule has 0 radical (unpaired) electrons. The van der Waals surface area contributed by atoms with Crippen molar-refractivity contribution in [1.29, 1.82) is 0 Å². The van der Waals surface area contributed by atoms with Crippen molar-refractivity contribution in [2.75, 3.05) is 0 Å². The summed E-state index contributed by atoms with van der Waals surface area (Å²) in [6, 6.07) is 4.67. The summed E-state index contributed by atoms with van der Waals surface area (Å²) in [4.78, 5) is 15.7. The summed E-state index contributed by atoms with van der Waals surface area (Å²) in [5.74, 6) is -0.666. The van der Waals surface area contributed by atoms with Gasteiger partial charge in [-0.1, -0.05) is 29.3 Å². The van der Waals surface area contributed by atoms with E-state index in [-0.39, 0.29) is 11.6 Å². The number of aliphatic hydroxyl groups is 1. The third-order valence-electron chi connectivity index (χ3n) is 3.88. The fraction of sp³-hybridized carbons (Fsp3) is 0.357. The van der Waals surface area contributed by atoms with Crippen molar-refractivity contribution < 1.29 is 9.90 Å². The third kappa shape index (κ3) is 2.82. The Labute approximate surface area is 137 Å². The SMILES string of the molecule is CC(C)(C(N)=O)C(O)(Cn1cncn1)c1ccc(Cl)cc1Cl. The van der Waals surface area contributed by atoms with Gasteiger partial charge < -0.3 is 10.8 Å². The first-order valence-electron chi connectivity index (χ1n) is 6.48. The number of nitrogens with zero attached hydrogens (tertiary/aromatic N) is 3. The van der Waals surface area contributed by atoms with Crippen molar-refractivity contribution in [3.63, 3.8) is 0 Å². The van der Waals surface area contributed by atoms with Gasteiger partial charge in [0, 0.05) is 15.6 Å². The predicted molar refractivity (Wildman–Crippen MR) is 83.4 cm³/mol. The Kier molecular flexibility index (Phi) is 4.47. The number of carbonyl (C=O) groups is 1. The van der Waals surface area contributed by atoms with Gasteiger partial charge in [0.2, 0.25) is 5.91 Å². The molecule has 0 aliphatic rings. The molecule has 1 heterocycles. The van der Waals surface area contributed by atoms with E-state index in [2.05, 4.69) is 10.1 Å². The van der Waals surface area contributed by atoms with Crippen LogP contribution in [-0.2, 0) is 16.9 Å². The first-order valence-corrected chi connectivity index (χ1v) is 7.24. The molecule has 3 N–H and O–H groups in total. The second-order valence-electron chi connectivity index (χ2n) is 5.57. The van der Waals surface area contributed by atoms with Crippen molar-refractivity contribution >= 4 is 29.1 Å². The van der Waals surface area contributed by atoms with Gasteiger partial charge in [-0.15, -0.1) is 0 Å². The van der Waals surface area contributed by atoms with E-state index < -0.39 is 16.9 Å². The summed E-state index contributed by atoms with van der Waals surface area (Å²) < 4.78 is 1.41. The van der Waals surface area contributed by atoms with Gasteiger partial charge >= 0.3 is 0 Å². The lowest BCUT2D eigenvalue weighted by Crippen LogP contribution is -2.52. The fourth-order valence-electron chi connectivity index (χ4n) is 2.20. The molecule has 0 aliphatic heterocycles. The van der Waals surface area contributed by atoms with Crippen molar-refractivity contribution in [3.05, 3.63) is 46.5 Å². The third-order valence-corrected chi connectivity index (χ3v) is 4.43. The molecule has 0 bridgehead atoms. The second kappa shape index (κ2) is 5.87. The lowest BCUT2D eigenvalue weighted by Gasteiger charge is -2.41. The van der Waals surface area contributed by atoms with Crippen LogP contribution in [0.1, 0.15) is 19.4 Å². The molecule has 1 unspecified atom stereocenters. The predicted octanol–water partition coefficient (Wildman–Crippen LogP) is 1.98. The van der Waals surface area contributed by atoms with E-state index in [1.165, 1.54) is 23.4 Å². The molecule has 0 fully saturated rings. The van der Waals surface area contributed by atoms with Crippen molar-refractivity contribution in [3.8, 4) is 0 Å². The molecule has 2 rings (SSSR count). The summed E-state index contributed by atoms with van der Waals surface area (Å²) in [6.45, 7) is 3.07. The Balaban J connectivity index is 2.61. The van der Waals surface area contributed by atoms with Crippen LogP contribution in [0, 0.1) is 5.41 Å². The van der Waals surface area contributed by atoms with E-state index in [9.17, 15) is 9.90 Å². The summed E-state index contributed by atoms with van der Waals surface area (Å²) in [5, 5.41) is 15.9. The van der Waals surface area contributed by atoms with Crippen molar-refractivity contribution in [2.45, 2.75) is 26.0 Å². The Morgan fingerprint density at radius 3 is 2.59 bits per heavy atom. The van der Waals surface area contributed by atoms with E-state index in [1.54, 1.807) is 26.0 Å². The number of nitrogens with two attached hydrogens (primary N) is 1. The molecule has 1 aromatic heterocycles. The maximum Gasteiger partial charge on any atom is 0.226 e. The van der Waals surface area contributed by atoms with Gasteiger partial charge in [0.25, 0.3) is 0 Å². The van der Waals surface area contributed by atoms with Gasteiger partial charge in [-0.05, 0) is 26.0 Å². The number of carbonyl (C=O) groups excluding carboxylic acids is 1. The molecule has 2 aromatic rings. The maximum atomic E-state index is 11.9.